The molecule has 118 valence electrons. The lowest BCUT2D eigenvalue weighted by Gasteiger charge is -2.44. The van der Waals surface area contributed by atoms with Crippen molar-refractivity contribution in [2.75, 3.05) is 26.8 Å². The summed E-state index contributed by atoms with van der Waals surface area (Å²) in [5.74, 6) is 1.48. The lowest BCUT2D eigenvalue weighted by molar-refractivity contribution is -0.0206. The normalized spacial score (nSPS) is 33.6. The Hall–Kier alpha value is -0.120. The SMILES string of the molecule is CN(CC1CCOCC1)C1CC(C(C)(C)C)CCC1O. The minimum atomic E-state index is -0.140. The largest absolute Gasteiger partial charge is 0.391 e. The standard InChI is InChI=1S/C17H33NO2/c1-17(2,3)14-5-6-16(19)15(11-14)18(4)12-13-7-9-20-10-8-13/h13-16,19H,5-12H2,1-4H3. The van der Waals surface area contributed by atoms with E-state index in [1.807, 2.05) is 0 Å². The Bertz CT molecular complexity index is 294. The highest BCUT2D eigenvalue weighted by atomic mass is 16.5. The average molecular weight is 283 g/mol. The topological polar surface area (TPSA) is 32.7 Å². The number of aliphatic hydroxyl groups excluding tert-OH is 1. The third-order valence-corrected chi connectivity index (χ3v) is 5.46. The number of hydrogen-bond donors (Lipinski definition) is 1. The lowest BCUT2D eigenvalue weighted by atomic mass is 9.70. The average Bonchev–Trinajstić information content (AvgIpc) is 2.39. The van der Waals surface area contributed by atoms with Gasteiger partial charge in [-0.15, -0.1) is 0 Å². The van der Waals surface area contributed by atoms with Gasteiger partial charge in [-0.3, -0.25) is 0 Å². The van der Waals surface area contributed by atoms with Crippen LogP contribution < -0.4 is 0 Å². The first kappa shape index (κ1) is 16.3. The van der Waals surface area contributed by atoms with Gasteiger partial charge in [-0.05, 0) is 56.4 Å². The van der Waals surface area contributed by atoms with Crippen LogP contribution >= 0.6 is 0 Å². The van der Waals surface area contributed by atoms with Crippen molar-refractivity contribution in [1.29, 1.82) is 0 Å². The quantitative estimate of drug-likeness (QED) is 0.864. The fraction of sp³-hybridized carbons (Fsp3) is 1.00. The van der Waals surface area contributed by atoms with E-state index < -0.39 is 0 Å². The van der Waals surface area contributed by atoms with Gasteiger partial charge in [0.2, 0.25) is 0 Å². The summed E-state index contributed by atoms with van der Waals surface area (Å²) in [6, 6.07) is 0.343. The third-order valence-electron chi connectivity index (χ3n) is 5.46. The molecule has 0 radical (unpaired) electrons. The van der Waals surface area contributed by atoms with Crippen LogP contribution in [0, 0.1) is 17.3 Å². The highest BCUT2D eigenvalue weighted by Gasteiger charge is 2.37. The van der Waals surface area contributed by atoms with Gasteiger partial charge in [-0.25, -0.2) is 0 Å². The van der Waals surface area contributed by atoms with Crippen LogP contribution in [0.15, 0.2) is 0 Å². The molecule has 0 aromatic carbocycles. The zero-order valence-corrected chi connectivity index (χ0v) is 13.8. The van der Waals surface area contributed by atoms with Crippen LogP contribution in [-0.4, -0.2) is 49.0 Å². The summed E-state index contributed by atoms with van der Waals surface area (Å²) in [5, 5.41) is 10.4. The molecule has 0 spiro atoms. The second kappa shape index (κ2) is 6.76. The second-order valence-corrected chi connectivity index (χ2v) is 8.01. The van der Waals surface area contributed by atoms with Crippen molar-refractivity contribution < 1.29 is 9.84 Å². The van der Waals surface area contributed by atoms with Crippen molar-refractivity contribution in [1.82, 2.24) is 4.90 Å². The smallest absolute Gasteiger partial charge is 0.0695 e. The van der Waals surface area contributed by atoms with Crippen LogP contribution in [0.25, 0.3) is 0 Å². The molecule has 1 saturated heterocycles. The zero-order chi connectivity index (χ0) is 14.8. The Morgan fingerprint density at radius 2 is 1.75 bits per heavy atom. The second-order valence-electron chi connectivity index (χ2n) is 8.01. The van der Waals surface area contributed by atoms with Crippen LogP contribution in [0.3, 0.4) is 0 Å². The number of aliphatic hydroxyl groups is 1. The van der Waals surface area contributed by atoms with Gasteiger partial charge in [0.15, 0.2) is 0 Å². The fourth-order valence-electron chi connectivity index (χ4n) is 3.86. The van der Waals surface area contributed by atoms with Crippen molar-refractivity contribution in [2.45, 2.75) is 65.0 Å². The predicted octanol–water partition coefficient (Wildman–Crippen LogP) is 2.92. The van der Waals surface area contributed by atoms with Gasteiger partial charge in [0.05, 0.1) is 6.10 Å². The molecule has 1 aliphatic carbocycles. The maximum absolute atomic E-state index is 10.4. The molecule has 0 aromatic heterocycles. The molecule has 20 heavy (non-hydrogen) atoms. The van der Waals surface area contributed by atoms with Gasteiger partial charge in [-0.2, -0.15) is 0 Å². The first-order valence-electron chi connectivity index (χ1n) is 8.34. The van der Waals surface area contributed by atoms with Gasteiger partial charge < -0.3 is 14.7 Å². The van der Waals surface area contributed by atoms with E-state index >= 15 is 0 Å². The monoisotopic (exact) mass is 283 g/mol. The summed E-state index contributed by atoms with van der Waals surface area (Å²) in [4.78, 5) is 2.43. The Kier molecular flexibility index (Phi) is 5.49. The Morgan fingerprint density at radius 3 is 2.35 bits per heavy atom. The lowest BCUT2D eigenvalue weighted by Crippen LogP contribution is -2.49. The van der Waals surface area contributed by atoms with E-state index in [2.05, 4.69) is 32.7 Å². The number of nitrogens with zero attached hydrogens (tertiary/aromatic N) is 1. The van der Waals surface area contributed by atoms with Crippen molar-refractivity contribution in [3.63, 3.8) is 0 Å². The molecule has 2 aliphatic rings. The predicted molar refractivity (Wildman–Crippen MR) is 82.8 cm³/mol. The first-order chi connectivity index (χ1) is 9.38. The van der Waals surface area contributed by atoms with Crippen LogP contribution in [-0.2, 0) is 4.74 Å². The molecule has 3 atom stereocenters. The van der Waals surface area contributed by atoms with Crippen molar-refractivity contribution in [2.24, 2.45) is 17.3 Å². The Morgan fingerprint density at radius 1 is 1.10 bits per heavy atom. The Labute approximate surface area is 124 Å². The molecule has 1 saturated carbocycles. The molecular formula is C17H33NO2. The molecule has 1 heterocycles. The summed E-state index contributed by atoms with van der Waals surface area (Å²) in [6.45, 7) is 9.95. The molecule has 0 bridgehead atoms. The molecule has 1 N–H and O–H groups in total. The van der Waals surface area contributed by atoms with E-state index in [9.17, 15) is 5.11 Å². The number of rotatable bonds is 3. The van der Waals surface area contributed by atoms with E-state index in [-0.39, 0.29) is 6.10 Å². The third kappa shape index (κ3) is 4.19. The van der Waals surface area contributed by atoms with E-state index in [1.54, 1.807) is 0 Å². The molecule has 3 unspecified atom stereocenters. The number of hydrogen-bond acceptors (Lipinski definition) is 3. The maximum atomic E-state index is 10.4. The fourth-order valence-corrected chi connectivity index (χ4v) is 3.86. The van der Waals surface area contributed by atoms with E-state index in [0.29, 0.717) is 11.5 Å². The maximum Gasteiger partial charge on any atom is 0.0695 e. The van der Waals surface area contributed by atoms with E-state index in [0.717, 1.165) is 44.4 Å². The summed E-state index contributed by atoms with van der Waals surface area (Å²) in [5.41, 5.74) is 0.359. The van der Waals surface area contributed by atoms with Gasteiger partial charge in [0.1, 0.15) is 0 Å². The van der Waals surface area contributed by atoms with Crippen LogP contribution in [0.4, 0.5) is 0 Å². The summed E-state index contributed by atoms with van der Waals surface area (Å²) in [7, 11) is 2.20. The van der Waals surface area contributed by atoms with Crippen molar-refractivity contribution in [3.8, 4) is 0 Å². The van der Waals surface area contributed by atoms with E-state index in [1.165, 1.54) is 19.3 Å². The van der Waals surface area contributed by atoms with Crippen LogP contribution in [0.1, 0.15) is 52.9 Å². The summed E-state index contributed by atoms with van der Waals surface area (Å²) >= 11 is 0. The van der Waals surface area contributed by atoms with Crippen molar-refractivity contribution in [3.05, 3.63) is 0 Å². The van der Waals surface area contributed by atoms with E-state index in [4.69, 9.17) is 4.74 Å². The molecule has 2 rings (SSSR count). The molecule has 0 aromatic rings. The minimum Gasteiger partial charge on any atom is -0.391 e. The number of ether oxygens (including phenoxy) is 1. The summed E-state index contributed by atoms with van der Waals surface area (Å²) in [6.07, 6.45) is 5.49. The summed E-state index contributed by atoms with van der Waals surface area (Å²) < 4.78 is 5.44. The van der Waals surface area contributed by atoms with Gasteiger partial charge >= 0.3 is 0 Å². The molecule has 2 fully saturated rings. The minimum absolute atomic E-state index is 0.140. The molecule has 3 nitrogen and oxygen atoms in total. The van der Waals surface area contributed by atoms with Gasteiger partial charge in [-0.1, -0.05) is 20.8 Å². The van der Waals surface area contributed by atoms with Gasteiger partial charge in [0.25, 0.3) is 0 Å². The van der Waals surface area contributed by atoms with Gasteiger partial charge in [0, 0.05) is 25.8 Å². The molecule has 3 heteroatoms. The molecular weight excluding hydrogens is 250 g/mol. The zero-order valence-electron chi connectivity index (χ0n) is 13.8. The number of likely N-dealkylation sites (N-methyl/N-ethyl adjacent to an activating group) is 1. The molecule has 0 amide bonds. The van der Waals surface area contributed by atoms with Crippen LogP contribution in [0.5, 0.6) is 0 Å². The Balaban J connectivity index is 1.90. The molecule has 1 aliphatic heterocycles. The highest BCUT2D eigenvalue weighted by molar-refractivity contribution is 4.90. The first-order valence-corrected chi connectivity index (χ1v) is 8.34. The van der Waals surface area contributed by atoms with Crippen LogP contribution in [0.2, 0.25) is 0 Å². The van der Waals surface area contributed by atoms with Crippen molar-refractivity contribution >= 4 is 0 Å². The highest BCUT2D eigenvalue weighted by Crippen LogP contribution is 2.39.